The van der Waals surface area contributed by atoms with Crippen molar-refractivity contribution in [2.75, 3.05) is 18.4 Å². The summed E-state index contributed by atoms with van der Waals surface area (Å²) in [7, 11) is 0. The Labute approximate surface area is 137 Å². The first-order chi connectivity index (χ1) is 11.1. The molecular formula is C16H20F4N2O2. The van der Waals surface area contributed by atoms with E-state index in [1.165, 1.54) is 18.2 Å². The summed E-state index contributed by atoms with van der Waals surface area (Å²) >= 11 is 0. The molecule has 0 spiro atoms. The van der Waals surface area contributed by atoms with E-state index in [1.54, 1.807) is 11.8 Å². The van der Waals surface area contributed by atoms with Crippen molar-refractivity contribution in [2.24, 2.45) is 0 Å². The highest BCUT2D eigenvalue weighted by Crippen LogP contribution is 2.38. The van der Waals surface area contributed by atoms with Gasteiger partial charge in [-0.1, -0.05) is 6.07 Å². The molecule has 0 saturated carbocycles. The van der Waals surface area contributed by atoms with Gasteiger partial charge in [0.15, 0.2) is 5.60 Å². The number of rotatable bonds is 3. The van der Waals surface area contributed by atoms with Gasteiger partial charge in [-0.15, -0.1) is 0 Å². The number of nitrogens with zero attached hydrogens (tertiary/aromatic N) is 1. The molecule has 0 aliphatic carbocycles. The number of anilines is 1. The molecule has 0 aromatic heterocycles. The minimum Gasteiger partial charge on any atom is -0.380 e. The van der Waals surface area contributed by atoms with Crippen LogP contribution in [0.2, 0.25) is 0 Å². The molecule has 8 heteroatoms. The molecule has 1 aliphatic heterocycles. The average Bonchev–Trinajstić information content (AvgIpc) is 2.69. The molecule has 2 unspecified atom stereocenters. The summed E-state index contributed by atoms with van der Waals surface area (Å²) in [5.41, 5.74) is -2.42. The monoisotopic (exact) mass is 348 g/mol. The van der Waals surface area contributed by atoms with Gasteiger partial charge in [-0.25, -0.2) is 4.39 Å². The molecule has 1 fully saturated rings. The summed E-state index contributed by atoms with van der Waals surface area (Å²) in [5, 5.41) is 12.3. The maximum atomic E-state index is 13.1. The highest BCUT2D eigenvalue weighted by Gasteiger charge is 2.53. The molecule has 134 valence electrons. The van der Waals surface area contributed by atoms with E-state index in [9.17, 15) is 27.5 Å². The van der Waals surface area contributed by atoms with Crippen LogP contribution in [0.1, 0.15) is 26.2 Å². The summed E-state index contributed by atoms with van der Waals surface area (Å²) in [5.74, 6) is -0.927. The first kappa shape index (κ1) is 18.7. The molecular weight excluding hydrogens is 328 g/mol. The summed E-state index contributed by atoms with van der Waals surface area (Å²) in [4.78, 5) is 13.8. The lowest BCUT2D eigenvalue weighted by atomic mass is 9.94. The Kier molecular flexibility index (Phi) is 5.49. The Balaban J connectivity index is 1.99. The fourth-order valence-electron chi connectivity index (χ4n) is 2.79. The average molecular weight is 348 g/mol. The number of carbonyl (C=O) groups excluding carboxylic acids is 1. The standard InChI is InChI=1S/C16H20F4N2O2/c1-11(14(23)21-13-5-2-4-12(17)10-13)22-8-3-6-15(24,7-9-22)16(18,19)20/h2,4-5,10-11,24H,3,6-9H2,1H3,(H,21,23). The molecule has 1 heterocycles. The van der Waals surface area contributed by atoms with Gasteiger partial charge in [0, 0.05) is 12.2 Å². The number of benzene rings is 1. The lowest BCUT2D eigenvalue weighted by Crippen LogP contribution is -2.47. The number of nitrogens with one attached hydrogen (secondary N) is 1. The fraction of sp³-hybridized carbons (Fsp3) is 0.562. The van der Waals surface area contributed by atoms with Crippen LogP contribution in [0, 0.1) is 5.82 Å². The third-order valence-corrected chi connectivity index (χ3v) is 4.40. The molecule has 0 radical (unpaired) electrons. The third-order valence-electron chi connectivity index (χ3n) is 4.40. The molecule has 2 rings (SSSR count). The number of likely N-dealkylation sites (tertiary alicyclic amines) is 1. The molecule has 2 atom stereocenters. The summed E-state index contributed by atoms with van der Waals surface area (Å²) in [6.45, 7) is 1.80. The van der Waals surface area contributed by atoms with Crippen molar-refractivity contribution in [3.8, 4) is 0 Å². The minimum absolute atomic E-state index is 0.0479. The van der Waals surface area contributed by atoms with Crippen molar-refractivity contribution >= 4 is 11.6 Å². The van der Waals surface area contributed by atoms with E-state index in [0.717, 1.165) is 6.07 Å². The molecule has 1 saturated heterocycles. The van der Waals surface area contributed by atoms with Gasteiger partial charge in [-0.2, -0.15) is 13.2 Å². The van der Waals surface area contributed by atoms with Gasteiger partial charge >= 0.3 is 6.18 Å². The Bertz CT molecular complexity index is 594. The van der Waals surface area contributed by atoms with Crippen LogP contribution in [0.4, 0.5) is 23.2 Å². The van der Waals surface area contributed by atoms with E-state index < -0.39 is 36.0 Å². The molecule has 2 N–H and O–H groups in total. The zero-order chi connectivity index (χ0) is 18.0. The van der Waals surface area contributed by atoms with E-state index in [2.05, 4.69) is 5.32 Å². The largest absolute Gasteiger partial charge is 0.417 e. The molecule has 24 heavy (non-hydrogen) atoms. The minimum atomic E-state index is -4.68. The molecule has 4 nitrogen and oxygen atoms in total. The van der Waals surface area contributed by atoms with E-state index in [-0.39, 0.29) is 31.6 Å². The van der Waals surface area contributed by atoms with Crippen molar-refractivity contribution in [3.05, 3.63) is 30.1 Å². The van der Waals surface area contributed by atoms with Crippen molar-refractivity contribution in [2.45, 2.75) is 44.0 Å². The number of hydrogen-bond donors (Lipinski definition) is 2. The van der Waals surface area contributed by atoms with Crippen LogP contribution in [-0.2, 0) is 4.79 Å². The Hall–Kier alpha value is -1.67. The topological polar surface area (TPSA) is 52.6 Å². The number of hydrogen-bond acceptors (Lipinski definition) is 3. The molecule has 0 bridgehead atoms. The van der Waals surface area contributed by atoms with Gasteiger partial charge in [-0.3, -0.25) is 9.69 Å². The lowest BCUT2D eigenvalue weighted by Gasteiger charge is -2.30. The van der Waals surface area contributed by atoms with Crippen molar-refractivity contribution < 1.29 is 27.5 Å². The van der Waals surface area contributed by atoms with Crippen LogP contribution < -0.4 is 5.32 Å². The summed E-state index contributed by atoms with van der Waals surface area (Å²) in [6, 6.07) is 4.69. The van der Waals surface area contributed by atoms with Gasteiger partial charge in [0.2, 0.25) is 5.91 Å². The van der Waals surface area contributed by atoms with Crippen LogP contribution in [0.5, 0.6) is 0 Å². The number of alkyl halides is 3. The van der Waals surface area contributed by atoms with Crippen LogP contribution in [-0.4, -0.2) is 46.8 Å². The van der Waals surface area contributed by atoms with Gasteiger partial charge < -0.3 is 10.4 Å². The van der Waals surface area contributed by atoms with Crippen molar-refractivity contribution in [1.82, 2.24) is 4.90 Å². The van der Waals surface area contributed by atoms with E-state index in [4.69, 9.17) is 0 Å². The second-order valence-corrected chi connectivity index (χ2v) is 6.09. The molecule has 1 aliphatic rings. The van der Waals surface area contributed by atoms with E-state index in [1.807, 2.05) is 0 Å². The smallest absolute Gasteiger partial charge is 0.380 e. The quantitative estimate of drug-likeness (QED) is 0.826. The summed E-state index contributed by atoms with van der Waals surface area (Å²) < 4.78 is 51.9. The Morgan fingerprint density at radius 2 is 2.04 bits per heavy atom. The second-order valence-electron chi connectivity index (χ2n) is 6.09. The first-order valence-electron chi connectivity index (χ1n) is 7.72. The van der Waals surface area contributed by atoms with Crippen molar-refractivity contribution in [3.63, 3.8) is 0 Å². The maximum absolute atomic E-state index is 13.1. The lowest BCUT2D eigenvalue weighted by molar-refractivity contribution is -0.263. The zero-order valence-electron chi connectivity index (χ0n) is 13.2. The van der Waals surface area contributed by atoms with Crippen LogP contribution in [0.25, 0.3) is 0 Å². The highest BCUT2D eigenvalue weighted by molar-refractivity contribution is 5.94. The van der Waals surface area contributed by atoms with E-state index >= 15 is 0 Å². The van der Waals surface area contributed by atoms with Crippen LogP contribution in [0.3, 0.4) is 0 Å². The first-order valence-corrected chi connectivity index (χ1v) is 7.72. The molecule has 1 amide bonds. The van der Waals surface area contributed by atoms with Gasteiger partial charge in [0.05, 0.1) is 6.04 Å². The number of carbonyl (C=O) groups is 1. The predicted molar refractivity (Wildman–Crippen MR) is 80.9 cm³/mol. The summed E-state index contributed by atoms with van der Waals surface area (Å²) in [6.07, 6.45) is -5.41. The number of amides is 1. The Morgan fingerprint density at radius 3 is 2.67 bits per heavy atom. The van der Waals surface area contributed by atoms with Gasteiger partial charge in [0.25, 0.3) is 0 Å². The normalized spacial score (nSPS) is 24.2. The van der Waals surface area contributed by atoms with Crippen LogP contribution in [0.15, 0.2) is 24.3 Å². The van der Waals surface area contributed by atoms with Gasteiger partial charge in [0.1, 0.15) is 5.82 Å². The maximum Gasteiger partial charge on any atom is 0.417 e. The molecule has 1 aromatic rings. The predicted octanol–water partition coefficient (Wildman–Crippen LogP) is 2.93. The Morgan fingerprint density at radius 1 is 1.33 bits per heavy atom. The zero-order valence-corrected chi connectivity index (χ0v) is 13.2. The fourth-order valence-corrected chi connectivity index (χ4v) is 2.79. The number of halogens is 4. The third kappa shape index (κ3) is 4.24. The SMILES string of the molecule is CC(C(=O)Nc1cccc(F)c1)N1CCCC(O)(C(F)(F)F)CC1. The highest BCUT2D eigenvalue weighted by atomic mass is 19.4. The molecule has 1 aromatic carbocycles. The second kappa shape index (κ2) is 7.06. The number of aliphatic hydroxyl groups is 1. The van der Waals surface area contributed by atoms with Gasteiger partial charge in [-0.05, 0) is 50.9 Å². The van der Waals surface area contributed by atoms with Crippen LogP contribution >= 0.6 is 0 Å². The van der Waals surface area contributed by atoms with E-state index in [0.29, 0.717) is 0 Å². The van der Waals surface area contributed by atoms with Crippen molar-refractivity contribution in [1.29, 1.82) is 0 Å².